The summed E-state index contributed by atoms with van der Waals surface area (Å²) in [5, 5.41) is 17.8. The molecule has 0 aliphatic heterocycles. The topological polar surface area (TPSA) is 115 Å². The van der Waals surface area contributed by atoms with Crippen molar-refractivity contribution in [1.29, 1.82) is 0 Å². The molecule has 0 spiro atoms. The number of aromatic hydroxyl groups is 1. The van der Waals surface area contributed by atoms with E-state index in [4.69, 9.17) is 9.47 Å². The van der Waals surface area contributed by atoms with Gasteiger partial charge >= 0.3 is 0 Å². The summed E-state index contributed by atoms with van der Waals surface area (Å²) in [4.78, 5) is 24.5. The SMILES string of the molecule is COc1ccc(OC)c(/C=N/NC(=O)c2nn(-c3ccccc3)c(=O)cc2O)c1. The molecule has 0 unspecified atom stereocenters. The van der Waals surface area contributed by atoms with Crippen molar-refractivity contribution in [1.82, 2.24) is 15.2 Å². The van der Waals surface area contributed by atoms with Crippen LogP contribution in [-0.4, -0.2) is 41.2 Å². The number of aromatic nitrogens is 2. The van der Waals surface area contributed by atoms with E-state index in [1.165, 1.54) is 20.4 Å². The van der Waals surface area contributed by atoms with Crippen molar-refractivity contribution in [2.75, 3.05) is 14.2 Å². The van der Waals surface area contributed by atoms with Crippen molar-refractivity contribution >= 4 is 12.1 Å². The fourth-order valence-corrected chi connectivity index (χ4v) is 2.52. The zero-order valence-electron chi connectivity index (χ0n) is 15.7. The molecule has 0 saturated carbocycles. The zero-order valence-corrected chi connectivity index (χ0v) is 15.7. The Bertz CT molecular complexity index is 1110. The summed E-state index contributed by atoms with van der Waals surface area (Å²) in [5.74, 6) is -0.214. The number of para-hydroxylation sites is 1. The summed E-state index contributed by atoms with van der Waals surface area (Å²) < 4.78 is 11.4. The van der Waals surface area contributed by atoms with E-state index in [1.54, 1.807) is 48.5 Å². The van der Waals surface area contributed by atoms with Gasteiger partial charge in [-0.1, -0.05) is 18.2 Å². The molecule has 3 aromatic rings. The lowest BCUT2D eigenvalue weighted by Gasteiger charge is -2.08. The normalized spacial score (nSPS) is 10.7. The summed E-state index contributed by atoms with van der Waals surface area (Å²) in [5.41, 5.74) is 2.38. The maximum absolute atomic E-state index is 12.4. The summed E-state index contributed by atoms with van der Waals surface area (Å²) in [6.45, 7) is 0. The van der Waals surface area contributed by atoms with Crippen molar-refractivity contribution in [3.8, 4) is 22.9 Å². The molecule has 0 atom stereocenters. The number of hydrazone groups is 1. The molecule has 0 fully saturated rings. The molecule has 9 heteroatoms. The molecule has 9 nitrogen and oxygen atoms in total. The van der Waals surface area contributed by atoms with Crippen LogP contribution in [0.1, 0.15) is 16.1 Å². The van der Waals surface area contributed by atoms with Crippen molar-refractivity contribution in [2.45, 2.75) is 0 Å². The van der Waals surface area contributed by atoms with Gasteiger partial charge in [0.05, 0.1) is 26.1 Å². The molecule has 0 aliphatic rings. The Morgan fingerprint density at radius 3 is 2.59 bits per heavy atom. The van der Waals surface area contributed by atoms with E-state index in [1.807, 2.05) is 0 Å². The van der Waals surface area contributed by atoms with Gasteiger partial charge in [-0.05, 0) is 30.3 Å². The number of nitrogens with one attached hydrogen (secondary N) is 1. The standard InChI is InChI=1S/C20H18N4O5/c1-28-15-8-9-17(29-2)13(10-15)12-21-22-20(27)19-16(25)11-18(26)24(23-19)14-6-4-3-5-7-14/h3-12,25H,1-2H3,(H,22,27)/b21-12+. The van der Waals surface area contributed by atoms with Gasteiger partial charge in [0.25, 0.3) is 11.5 Å². The average molecular weight is 394 g/mol. The first-order valence-electron chi connectivity index (χ1n) is 8.47. The van der Waals surface area contributed by atoms with Gasteiger partial charge in [0, 0.05) is 11.6 Å². The second kappa shape index (κ2) is 8.70. The second-order valence-electron chi connectivity index (χ2n) is 5.77. The van der Waals surface area contributed by atoms with Crippen molar-refractivity contribution in [3.05, 3.63) is 76.2 Å². The number of carbonyl (C=O) groups excluding carboxylic acids is 1. The molecule has 148 valence electrons. The molecule has 2 N–H and O–H groups in total. The predicted molar refractivity (Wildman–Crippen MR) is 106 cm³/mol. The lowest BCUT2D eigenvalue weighted by molar-refractivity contribution is 0.0945. The van der Waals surface area contributed by atoms with Crippen LogP contribution < -0.4 is 20.5 Å². The van der Waals surface area contributed by atoms with E-state index < -0.39 is 17.2 Å². The first-order chi connectivity index (χ1) is 14.0. The lowest BCUT2D eigenvalue weighted by atomic mass is 10.2. The van der Waals surface area contributed by atoms with E-state index in [2.05, 4.69) is 15.6 Å². The fourth-order valence-electron chi connectivity index (χ4n) is 2.52. The molecule has 1 aromatic heterocycles. The first-order valence-corrected chi connectivity index (χ1v) is 8.47. The Morgan fingerprint density at radius 1 is 1.14 bits per heavy atom. The minimum Gasteiger partial charge on any atom is -0.505 e. The van der Waals surface area contributed by atoms with Gasteiger partial charge in [-0.25, -0.2) is 5.43 Å². The molecule has 1 amide bonds. The minimum atomic E-state index is -0.787. The number of nitrogens with zero attached hydrogens (tertiary/aromatic N) is 3. The Labute approximate surface area is 165 Å². The summed E-state index contributed by atoms with van der Waals surface area (Å²) in [6.07, 6.45) is 1.36. The van der Waals surface area contributed by atoms with Crippen molar-refractivity contribution in [2.24, 2.45) is 5.10 Å². The Hall–Kier alpha value is -4.14. The van der Waals surface area contributed by atoms with Gasteiger partial charge in [-0.3, -0.25) is 9.59 Å². The molecular formula is C20H18N4O5. The molecule has 0 bridgehead atoms. The van der Waals surface area contributed by atoms with Crippen LogP contribution in [0.3, 0.4) is 0 Å². The van der Waals surface area contributed by atoms with Crippen LogP contribution in [0, 0.1) is 0 Å². The van der Waals surface area contributed by atoms with Gasteiger partial charge in [0.15, 0.2) is 11.4 Å². The summed E-state index contributed by atoms with van der Waals surface area (Å²) >= 11 is 0. The highest BCUT2D eigenvalue weighted by atomic mass is 16.5. The van der Waals surface area contributed by atoms with Crippen LogP contribution in [0.15, 0.2) is 64.5 Å². The molecule has 2 aromatic carbocycles. The van der Waals surface area contributed by atoms with Crippen LogP contribution in [0.5, 0.6) is 17.2 Å². The zero-order chi connectivity index (χ0) is 20.8. The molecule has 29 heavy (non-hydrogen) atoms. The molecule has 0 radical (unpaired) electrons. The summed E-state index contributed by atoms with van der Waals surface area (Å²) in [7, 11) is 3.03. The number of methoxy groups -OCH3 is 2. The van der Waals surface area contributed by atoms with Gasteiger partial charge < -0.3 is 14.6 Å². The van der Waals surface area contributed by atoms with Crippen LogP contribution >= 0.6 is 0 Å². The lowest BCUT2D eigenvalue weighted by Crippen LogP contribution is -2.27. The Kier molecular flexibility index (Phi) is 5.88. The van der Waals surface area contributed by atoms with E-state index in [0.717, 1.165) is 10.7 Å². The van der Waals surface area contributed by atoms with E-state index in [9.17, 15) is 14.7 Å². The third-order valence-electron chi connectivity index (χ3n) is 3.93. The van der Waals surface area contributed by atoms with Gasteiger partial charge in [-0.2, -0.15) is 14.9 Å². The Morgan fingerprint density at radius 2 is 1.90 bits per heavy atom. The predicted octanol–water partition coefficient (Wildman–Crippen LogP) is 1.72. The third kappa shape index (κ3) is 4.41. The molecule has 0 saturated heterocycles. The van der Waals surface area contributed by atoms with Crippen LogP contribution in [-0.2, 0) is 0 Å². The number of carbonyl (C=O) groups is 1. The third-order valence-corrected chi connectivity index (χ3v) is 3.93. The molecular weight excluding hydrogens is 376 g/mol. The highest BCUT2D eigenvalue weighted by Crippen LogP contribution is 2.22. The maximum Gasteiger partial charge on any atom is 0.295 e. The maximum atomic E-state index is 12.4. The quantitative estimate of drug-likeness (QED) is 0.486. The molecule has 1 heterocycles. The Balaban J connectivity index is 1.85. The molecule has 0 aliphatic carbocycles. The number of amides is 1. The number of benzene rings is 2. The highest BCUT2D eigenvalue weighted by Gasteiger charge is 2.16. The number of ether oxygens (including phenoxy) is 2. The monoisotopic (exact) mass is 394 g/mol. The second-order valence-corrected chi connectivity index (χ2v) is 5.77. The van der Waals surface area contributed by atoms with Gasteiger partial charge in [0.1, 0.15) is 11.5 Å². The van der Waals surface area contributed by atoms with Gasteiger partial charge in [-0.15, -0.1) is 0 Å². The number of rotatable bonds is 6. The highest BCUT2D eigenvalue weighted by molar-refractivity contribution is 5.95. The largest absolute Gasteiger partial charge is 0.505 e. The van der Waals surface area contributed by atoms with Crippen LogP contribution in [0.4, 0.5) is 0 Å². The number of hydrogen-bond acceptors (Lipinski definition) is 7. The summed E-state index contributed by atoms with van der Waals surface area (Å²) in [6, 6.07) is 14.6. The van der Waals surface area contributed by atoms with Crippen LogP contribution in [0.2, 0.25) is 0 Å². The average Bonchev–Trinajstić information content (AvgIpc) is 2.74. The van der Waals surface area contributed by atoms with E-state index in [0.29, 0.717) is 22.7 Å². The van der Waals surface area contributed by atoms with Crippen LogP contribution in [0.25, 0.3) is 5.69 Å². The van der Waals surface area contributed by atoms with E-state index >= 15 is 0 Å². The van der Waals surface area contributed by atoms with E-state index in [-0.39, 0.29) is 5.69 Å². The number of hydrogen-bond donors (Lipinski definition) is 2. The minimum absolute atomic E-state index is 0.344. The van der Waals surface area contributed by atoms with Crippen molar-refractivity contribution in [3.63, 3.8) is 0 Å². The van der Waals surface area contributed by atoms with Crippen molar-refractivity contribution < 1.29 is 19.4 Å². The first kappa shape index (κ1) is 19.6. The smallest absolute Gasteiger partial charge is 0.295 e. The fraction of sp³-hybridized carbons (Fsp3) is 0.100. The molecule has 3 rings (SSSR count). The van der Waals surface area contributed by atoms with Gasteiger partial charge in [0.2, 0.25) is 0 Å².